The molecule has 2 aromatic carbocycles. The van der Waals surface area contributed by atoms with Gasteiger partial charge in [-0.25, -0.2) is 4.39 Å². The Kier molecular flexibility index (Phi) is 6.60. The van der Waals surface area contributed by atoms with E-state index in [4.69, 9.17) is 0 Å². The highest BCUT2D eigenvalue weighted by atomic mass is 19.1. The summed E-state index contributed by atoms with van der Waals surface area (Å²) in [5.41, 5.74) is 2.31. The first-order chi connectivity index (χ1) is 14.2. The zero-order valence-electron chi connectivity index (χ0n) is 17.0. The third kappa shape index (κ3) is 5.24. The van der Waals surface area contributed by atoms with Crippen molar-refractivity contribution in [3.05, 3.63) is 71.5 Å². The molecule has 0 radical (unpaired) electrons. The summed E-state index contributed by atoms with van der Waals surface area (Å²) in [5.74, 6) is 0.460. The van der Waals surface area contributed by atoms with Gasteiger partial charge in [0.05, 0.1) is 5.92 Å². The molecule has 0 bridgehead atoms. The SMILES string of the molecule is O=C(NC1CCN(CCc2ccc(F)cc2)C1)C(c1ccccc1)C1CCCC1. The normalized spacial score (nSPS) is 21.3. The second kappa shape index (κ2) is 9.53. The summed E-state index contributed by atoms with van der Waals surface area (Å²) in [6, 6.07) is 17.3. The first-order valence-electron chi connectivity index (χ1n) is 11.0. The summed E-state index contributed by atoms with van der Waals surface area (Å²) in [4.78, 5) is 15.6. The van der Waals surface area contributed by atoms with Crippen LogP contribution < -0.4 is 5.32 Å². The van der Waals surface area contributed by atoms with Crippen molar-refractivity contribution in [3.8, 4) is 0 Å². The molecule has 1 amide bonds. The minimum Gasteiger partial charge on any atom is -0.351 e. The van der Waals surface area contributed by atoms with Gasteiger partial charge < -0.3 is 10.2 Å². The number of halogens is 1. The number of nitrogens with one attached hydrogen (secondary N) is 1. The van der Waals surface area contributed by atoms with E-state index in [-0.39, 0.29) is 23.7 Å². The van der Waals surface area contributed by atoms with Crippen molar-refractivity contribution in [1.82, 2.24) is 10.2 Å². The Hall–Kier alpha value is -2.20. The minimum absolute atomic E-state index is 0.0213. The fraction of sp³-hybridized carbons (Fsp3) is 0.480. The average Bonchev–Trinajstić information content (AvgIpc) is 3.41. The molecule has 1 saturated carbocycles. The smallest absolute Gasteiger partial charge is 0.228 e. The molecule has 2 atom stereocenters. The molecule has 154 valence electrons. The quantitative estimate of drug-likeness (QED) is 0.748. The first-order valence-corrected chi connectivity index (χ1v) is 11.0. The molecule has 1 saturated heterocycles. The van der Waals surface area contributed by atoms with E-state index < -0.39 is 0 Å². The van der Waals surface area contributed by atoms with Crippen molar-refractivity contribution in [2.45, 2.75) is 50.5 Å². The van der Waals surface area contributed by atoms with Gasteiger partial charge >= 0.3 is 0 Å². The van der Waals surface area contributed by atoms with E-state index in [1.54, 1.807) is 0 Å². The van der Waals surface area contributed by atoms with Gasteiger partial charge in [0.2, 0.25) is 5.91 Å². The molecule has 1 heterocycles. The lowest BCUT2D eigenvalue weighted by molar-refractivity contribution is -0.124. The summed E-state index contributed by atoms with van der Waals surface area (Å²) < 4.78 is 13.0. The van der Waals surface area contributed by atoms with Crippen LogP contribution in [0.5, 0.6) is 0 Å². The monoisotopic (exact) mass is 394 g/mol. The molecule has 2 unspecified atom stereocenters. The third-order valence-corrected chi connectivity index (χ3v) is 6.56. The van der Waals surface area contributed by atoms with Crippen molar-refractivity contribution >= 4 is 5.91 Å². The van der Waals surface area contributed by atoms with Crippen LogP contribution in [-0.4, -0.2) is 36.5 Å². The maximum Gasteiger partial charge on any atom is 0.228 e. The number of amides is 1. The van der Waals surface area contributed by atoms with Crippen LogP contribution in [-0.2, 0) is 11.2 Å². The molecule has 1 N–H and O–H groups in total. The highest BCUT2D eigenvalue weighted by Gasteiger charge is 2.34. The van der Waals surface area contributed by atoms with Gasteiger partial charge in [0.25, 0.3) is 0 Å². The molecule has 2 aliphatic rings. The number of likely N-dealkylation sites (tertiary alicyclic amines) is 1. The summed E-state index contributed by atoms with van der Waals surface area (Å²) >= 11 is 0. The Labute approximate surface area is 173 Å². The van der Waals surface area contributed by atoms with Crippen LogP contribution >= 0.6 is 0 Å². The second-order valence-electron chi connectivity index (χ2n) is 8.60. The van der Waals surface area contributed by atoms with Crippen LogP contribution in [0.1, 0.15) is 49.1 Å². The van der Waals surface area contributed by atoms with E-state index in [1.165, 1.54) is 25.0 Å². The van der Waals surface area contributed by atoms with Crippen molar-refractivity contribution in [2.24, 2.45) is 5.92 Å². The number of benzene rings is 2. The second-order valence-corrected chi connectivity index (χ2v) is 8.60. The predicted octanol–water partition coefficient (Wildman–Crippen LogP) is 4.53. The fourth-order valence-corrected chi connectivity index (χ4v) is 4.97. The van der Waals surface area contributed by atoms with Crippen LogP contribution in [0, 0.1) is 11.7 Å². The zero-order chi connectivity index (χ0) is 20.1. The van der Waals surface area contributed by atoms with Gasteiger partial charge in [0.1, 0.15) is 5.82 Å². The molecule has 4 heteroatoms. The van der Waals surface area contributed by atoms with E-state index in [1.807, 2.05) is 30.3 Å². The Morgan fingerprint density at radius 1 is 1.03 bits per heavy atom. The number of nitrogens with zero attached hydrogens (tertiary/aromatic N) is 1. The highest BCUT2D eigenvalue weighted by Crippen LogP contribution is 2.37. The van der Waals surface area contributed by atoms with E-state index in [0.29, 0.717) is 5.92 Å². The molecule has 2 aromatic rings. The van der Waals surface area contributed by atoms with Gasteiger partial charge in [0.15, 0.2) is 0 Å². The van der Waals surface area contributed by atoms with Gasteiger partial charge in [0, 0.05) is 25.7 Å². The maximum absolute atomic E-state index is 13.2. The lowest BCUT2D eigenvalue weighted by Gasteiger charge is -2.25. The predicted molar refractivity (Wildman–Crippen MR) is 114 cm³/mol. The number of hydrogen-bond donors (Lipinski definition) is 1. The first kappa shape index (κ1) is 20.1. The number of carbonyl (C=O) groups excluding carboxylic acids is 1. The third-order valence-electron chi connectivity index (χ3n) is 6.56. The summed E-state index contributed by atoms with van der Waals surface area (Å²) in [6.45, 7) is 2.85. The minimum atomic E-state index is -0.187. The van der Waals surface area contributed by atoms with Gasteiger partial charge in [-0.2, -0.15) is 0 Å². The molecule has 2 fully saturated rings. The van der Waals surface area contributed by atoms with Crippen LogP contribution in [0.4, 0.5) is 4.39 Å². The maximum atomic E-state index is 13.2. The van der Waals surface area contributed by atoms with Gasteiger partial charge in [-0.05, 0) is 54.9 Å². The Morgan fingerprint density at radius 2 is 1.76 bits per heavy atom. The highest BCUT2D eigenvalue weighted by molar-refractivity contribution is 5.84. The van der Waals surface area contributed by atoms with Crippen LogP contribution in [0.25, 0.3) is 0 Å². The average molecular weight is 395 g/mol. The topological polar surface area (TPSA) is 32.3 Å². The number of carbonyl (C=O) groups is 1. The molecule has 0 spiro atoms. The molecule has 29 heavy (non-hydrogen) atoms. The van der Waals surface area contributed by atoms with E-state index in [9.17, 15) is 9.18 Å². The van der Waals surface area contributed by atoms with Crippen molar-refractivity contribution < 1.29 is 9.18 Å². The van der Waals surface area contributed by atoms with E-state index in [2.05, 4.69) is 22.3 Å². The fourth-order valence-electron chi connectivity index (χ4n) is 4.97. The summed E-state index contributed by atoms with van der Waals surface area (Å²) in [6.07, 6.45) is 6.70. The Morgan fingerprint density at radius 3 is 2.48 bits per heavy atom. The largest absolute Gasteiger partial charge is 0.351 e. The zero-order valence-corrected chi connectivity index (χ0v) is 17.0. The molecule has 1 aliphatic carbocycles. The van der Waals surface area contributed by atoms with Crippen LogP contribution in [0.3, 0.4) is 0 Å². The standard InChI is InChI=1S/C25H31FN2O/c26-22-12-10-19(11-13-22)14-16-28-17-15-23(18-28)27-25(29)24(21-8-4-5-9-21)20-6-2-1-3-7-20/h1-3,6-7,10-13,21,23-24H,4-5,8-9,14-18H2,(H,27,29). The van der Waals surface area contributed by atoms with Crippen molar-refractivity contribution in [1.29, 1.82) is 0 Å². The van der Waals surface area contributed by atoms with E-state index >= 15 is 0 Å². The molecule has 1 aliphatic heterocycles. The lowest BCUT2D eigenvalue weighted by atomic mass is 9.84. The molecular formula is C25H31FN2O. The Balaban J connectivity index is 1.32. The van der Waals surface area contributed by atoms with Crippen molar-refractivity contribution in [3.63, 3.8) is 0 Å². The number of rotatable bonds is 7. The number of hydrogen-bond acceptors (Lipinski definition) is 2. The van der Waals surface area contributed by atoms with Gasteiger partial charge in [-0.3, -0.25) is 4.79 Å². The molecule has 4 rings (SSSR count). The molecule has 3 nitrogen and oxygen atoms in total. The van der Waals surface area contributed by atoms with Crippen LogP contribution in [0.2, 0.25) is 0 Å². The van der Waals surface area contributed by atoms with Gasteiger partial charge in [-0.15, -0.1) is 0 Å². The van der Waals surface area contributed by atoms with Gasteiger partial charge in [-0.1, -0.05) is 55.3 Å². The van der Waals surface area contributed by atoms with Crippen LogP contribution in [0.15, 0.2) is 54.6 Å². The Bertz CT molecular complexity index is 786. The summed E-state index contributed by atoms with van der Waals surface area (Å²) in [7, 11) is 0. The van der Waals surface area contributed by atoms with Crippen molar-refractivity contribution in [2.75, 3.05) is 19.6 Å². The van der Waals surface area contributed by atoms with E-state index in [0.717, 1.165) is 56.4 Å². The molecular weight excluding hydrogens is 363 g/mol. The lowest BCUT2D eigenvalue weighted by Crippen LogP contribution is -2.41. The molecule has 0 aromatic heterocycles. The summed E-state index contributed by atoms with van der Waals surface area (Å²) in [5, 5.41) is 3.36.